The minimum Gasteiger partial charge on any atom is -0.623 e. The van der Waals surface area contributed by atoms with Gasteiger partial charge in [0.2, 0.25) is 0 Å². The van der Waals surface area contributed by atoms with E-state index in [1.807, 2.05) is 20.8 Å². The highest BCUT2D eigenvalue weighted by molar-refractivity contribution is 5.95. The average Bonchev–Trinajstić information content (AvgIpc) is 2.26. The Kier molecular flexibility index (Phi) is 3.50. The molecule has 0 aliphatic rings. The average molecular weight is 236 g/mol. The second-order valence-electron chi connectivity index (χ2n) is 4.85. The predicted octanol–water partition coefficient (Wildman–Crippen LogP) is 2.71. The van der Waals surface area contributed by atoms with Crippen LogP contribution in [0.1, 0.15) is 33.3 Å². The highest BCUT2D eigenvalue weighted by atomic mass is 16.6. The normalized spacial score (nSPS) is 13.2. The van der Waals surface area contributed by atoms with Gasteiger partial charge in [-0.15, -0.1) is 0 Å². The summed E-state index contributed by atoms with van der Waals surface area (Å²) in [5.41, 5.74) is 0.744. The van der Waals surface area contributed by atoms with E-state index in [4.69, 9.17) is 0 Å². The maximum atomic E-state index is 11.9. The smallest absolute Gasteiger partial charge is 0.269 e. The molecule has 0 amide bonds. The molecule has 1 aromatic rings. The van der Waals surface area contributed by atoms with Crippen LogP contribution in [0.4, 0.5) is 5.69 Å². The molecule has 1 rings (SSSR count). The summed E-state index contributed by atoms with van der Waals surface area (Å²) in [6, 6.07) is 5.97. The van der Waals surface area contributed by atoms with Gasteiger partial charge in [-0.05, 0) is 12.1 Å². The fourth-order valence-corrected chi connectivity index (χ4v) is 1.44. The Bertz CT molecular complexity index is 456. The SMILES string of the molecule is C/C(c1ccc([N+](=O)[O-])cc1)=[N+](\[O-])C(C)(C)C. The summed E-state index contributed by atoms with van der Waals surface area (Å²) < 4.78 is 0.911. The van der Waals surface area contributed by atoms with Crippen molar-refractivity contribution in [3.8, 4) is 0 Å². The first-order valence-corrected chi connectivity index (χ1v) is 5.29. The van der Waals surface area contributed by atoms with Gasteiger partial charge in [-0.25, -0.2) is 4.74 Å². The Labute approximate surface area is 100 Å². The largest absolute Gasteiger partial charge is 0.623 e. The molecule has 5 heteroatoms. The molecule has 0 N–H and O–H groups in total. The van der Waals surface area contributed by atoms with Gasteiger partial charge in [-0.3, -0.25) is 10.1 Å². The second kappa shape index (κ2) is 4.53. The van der Waals surface area contributed by atoms with Crippen LogP contribution in [0, 0.1) is 15.3 Å². The zero-order valence-electron chi connectivity index (χ0n) is 10.4. The van der Waals surface area contributed by atoms with E-state index in [2.05, 4.69) is 0 Å². The van der Waals surface area contributed by atoms with E-state index in [0.717, 1.165) is 4.74 Å². The van der Waals surface area contributed by atoms with Crippen LogP contribution in [0.5, 0.6) is 0 Å². The highest BCUT2D eigenvalue weighted by Gasteiger charge is 2.22. The Morgan fingerprint density at radius 1 is 1.12 bits per heavy atom. The Balaban J connectivity index is 3.14. The molecule has 0 radical (unpaired) electrons. The topological polar surface area (TPSA) is 69.2 Å². The summed E-state index contributed by atoms with van der Waals surface area (Å²) in [4.78, 5) is 10.0. The third-order valence-electron chi connectivity index (χ3n) is 2.41. The summed E-state index contributed by atoms with van der Waals surface area (Å²) in [5, 5.41) is 22.4. The van der Waals surface area contributed by atoms with Gasteiger partial charge in [-0.2, -0.15) is 0 Å². The molecular weight excluding hydrogens is 220 g/mol. The van der Waals surface area contributed by atoms with Crippen LogP contribution >= 0.6 is 0 Å². The molecule has 0 aliphatic carbocycles. The second-order valence-corrected chi connectivity index (χ2v) is 4.85. The van der Waals surface area contributed by atoms with Crippen molar-refractivity contribution in [3.63, 3.8) is 0 Å². The molecule has 0 saturated carbocycles. The number of non-ortho nitro benzene ring substituents is 1. The first-order chi connectivity index (χ1) is 7.73. The predicted molar refractivity (Wildman–Crippen MR) is 66.3 cm³/mol. The first kappa shape index (κ1) is 13.2. The molecule has 0 aliphatic heterocycles. The summed E-state index contributed by atoms with van der Waals surface area (Å²) in [6.45, 7) is 7.15. The molecule has 0 atom stereocenters. The summed E-state index contributed by atoms with van der Waals surface area (Å²) in [5.74, 6) is 0. The monoisotopic (exact) mass is 236 g/mol. The van der Waals surface area contributed by atoms with E-state index in [1.165, 1.54) is 12.1 Å². The van der Waals surface area contributed by atoms with Crippen molar-refractivity contribution >= 4 is 11.4 Å². The van der Waals surface area contributed by atoms with Gasteiger partial charge in [0.25, 0.3) is 5.69 Å². The van der Waals surface area contributed by atoms with E-state index >= 15 is 0 Å². The van der Waals surface area contributed by atoms with Crippen molar-refractivity contribution in [3.05, 3.63) is 45.2 Å². The lowest BCUT2D eigenvalue weighted by Crippen LogP contribution is -2.32. The number of hydrogen-bond acceptors (Lipinski definition) is 3. The lowest BCUT2D eigenvalue weighted by Gasteiger charge is -2.21. The Morgan fingerprint density at radius 3 is 1.94 bits per heavy atom. The zero-order chi connectivity index (χ0) is 13.2. The van der Waals surface area contributed by atoms with Crippen LogP contribution in [-0.2, 0) is 0 Å². The number of benzene rings is 1. The van der Waals surface area contributed by atoms with E-state index < -0.39 is 10.5 Å². The van der Waals surface area contributed by atoms with Crippen LogP contribution < -0.4 is 0 Å². The summed E-state index contributed by atoms with van der Waals surface area (Å²) >= 11 is 0. The number of rotatable bonds is 2. The molecule has 5 nitrogen and oxygen atoms in total. The van der Waals surface area contributed by atoms with Crippen molar-refractivity contribution in [2.45, 2.75) is 33.2 Å². The van der Waals surface area contributed by atoms with E-state index in [9.17, 15) is 15.3 Å². The maximum absolute atomic E-state index is 11.9. The minimum absolute atomic E-state index is 0.0229. The molecule has 17 heavy (non-hydrogen) atoms. The Morgan fingerprint density at radius 2 is 1.59 bits per heavy atom. The van der Waals surface area contributed by atoms with E-state index in [0.29, 0.717) is 11.3 Å². The fourth-order valence-electron chi connectivity index (χ4n) is 1.44. The lowest BCUT2D eigenvalue weighted by atomic mass is 10.1. The maximum Gasteiger partial charge on any atom is 0.269 e. The Hall–Kier alpha value is -1.91. The van der Waals surface area contributed by atoms with Crippen LogP contribution in [0.2, 0.25) is 0 Å². The molecule has 0 aromatic heterocycles. The molecular formula is C12H16N2O3. The lowest BCUT2D eigenvalue weighted by molar-refractivity contribution is -0.535. The zero-order valence-corrected chi connectivity index (χ0v) is 10.4. The molecule has 0 bridgehead atoms. The fraction of sp³-hybridized carbons (Fsp3) is 0.417. The van der Waals surface area contributed by atoms with Gasteiger partial charge in [0.05, 0.1) is 4.92 Å². The van der Waals surface area contributed by atoms with Gasteiger partial charge in [-0.1, -0.05) is 0 Å². The van der Waals surface area contributed by atoms with Crippen molar-refractivity contribution in [2.75, 3.05) is 0 Å². The van der Waals surface area contributed by atoms with E-state index in [-0.39, 0.29) is 5.69 Å². The van der Waals surface area contributed by atoms with Gasteiger partial charge in [0.15, 0.2) is 11.3 Å². The molecule has 0 saturated heterocycles. The minimum atomic E-state index is -0.522. The van der Waals surface area contributed by atoms with Gasteiger partial charge in [0.1, 0.15) is 0 Å². The quantitative estimate of drug-likeness (QED) is 0.260. The molecule has 92 valence electrons. The van der Waals surface area contributed by atoms with Crippen LogP contribution in [0.3, 0.4) is 0 Å². The third-order valence-corrected chi connectivity index (χ3v) is 2.41. The van der Waals surface area contributed by atoms with Crippen LogP contribution in [0.25, 0.3) is 0 Å². The number of hydroxylamine groups is 1. The molecule has 0 heterocycles. The molecule has 0 fully saturated rings. The van der Waals surface area contributed by atoms with Gasteiger partial charge < -0.3 is 5.21 Å². The van der Waals surface area contributed by atoms with Crippen molar-refractivity contribution in [1.82, 2.24) is 0 Å². The van der Waals surface area contributed by atoms with Gasteiger partial charge in [0, 0.05) is 45.4 Å². The van der Waals surface area contributed by atoms with Crippen molar-refractivity contribution < 1.29 is 9.66 Å². The van der Waals surface area contributed by atoms with E-state index in [1.54, 1.807) is 19.1 Å². The first-order valence-electron chi connectivity index (χ1n) is 5.29. The third kappa shape index (κ3) is 3.03. The summed E-state index contributed by atoms with van der Waals surface area (Å²) in [7, 11) is 0. The number of nitrogens with zero attached hydrogens (tertiary/aromatic N) is 2. The molecule has 0 spiro atoms. The summed E-state index contributed by atoms with van der Waals surface area (Å²) in [6.07, 6.45) is 0. The van der Waals surface area contributed by atoms with Crippen LogP contribution in [0.15, 0.2) is 24.3 Å². The number of nitro benzene ring substituents is 1. The number of nitro groups is 1. The molecule has 0 unspecified atom stereocenters. The highest BCUT2D eigenvalue weighted by Crippen LogP contribution is 2.14. The number of hydrogen-bond donors (Lipinski definition) is 0. The standard InChI is InChI=1S/C12H16N2O3/c1-9(13(15)12(2,3)4)10-5-7-11(8-6-10)14(16)17/h5-8H,1-4H3/b13-9+. The van der Waals surface area contributed by atoms with Crippen molar-refractivity contribution in [2.24, 2.45) is 0 Å². The van der Waals surface area contributed by atoms with Gasteiger partial charge >= 0.3 is 0 Å². The van der Waals surface area contributed by atoms with Crippen LogP contribution in [-0.4, -0.2) is 20.9 Å². The van der Waals surface area contributed by atoms with Crippen molar-refractivity contribution in [1.29, 1.82) is 0 Å². The molecule has 1 aromatic carbocycles.